The highest BCUT2D eigenvalue weighted by molar-refractivity contribution is 5.81. The number of rotatable bonds is 0. The smallest absolute Gasteiger partial charge is 0.131 e. The molecule has 1 saturated heterocycles. The molecule has 0 aromatic heterocycles. The van der Waals surface area contributed by atoms with Crippen LogP contribution in [-0.4, -0.2) is 6.61 Å². The molecule has 1 aliphatic heterocycles. The van der Waals surface area contributed by atoms with Crippen LogP contribution in [0.5, 0.6) is 0 Å². The molecule has 0 bridgehead atoms. The molecular weight excluding hydrogens is 239 g/mol. The van der Waals surface area contributed by atoms with Gasteiger partial charge >= 0.3 is 0 Å². The molecule has 0 N–H and O–H groups in total. The minimum Gasteiger partial charge on any atom is -0.365 e. The third-order valence-corrected chi connectivity index (χ3v) is 4.35. The Hall–Kier alpha value is -1.67. The zero-order chi connectivity index (χ0) is 13.0. The van der Waals surface area contributed by atoms with Crippen molar-refractivity contribution in [3.63, 3.8) is 0 Å². The van der Waals surface area contributed by atoms with E-state index in [4.69, 9.17) is 4.74 Å². The molecule has 2 aromatic rings. The molecule has 2 aromatic carbocycles. The van der Waals surface area contributed by atoms with Gasteiger partial charge in [0, 0.05) is 12.2 Å². The first-order valence-corrected chi connectivity index (χ1v) is 6.77. The molecule has 0 radical (unpaired) electrons. The van der Waals surface area contributed by atoms with Crippen LogP contribution in [-0.2, 0) is 10.3 Å². The van der Waals surface area contributed by atoms with Crippen LogP contribution in [0.4, 0.5) is 4.39 Å². The molecule has 1 heterocycles. The SMILES string of the molecule is Cc1ccc2c(c1)C1(CCCO1)c1cccc(F)c1-2. The van der Waals surface area contributed by atoms with E-state index in [0.29, 0.717) is 0 Å². The molecule has 4 rings (SSSR count). The van der Waals surface area contributed by atoms with E-state index in [1.54, 1.807) is 6.07 Å². The highest BCUT2D eigenvalue weighted by Crippen LogP contribution is 2.54. The minimum atomic E-state index is -0.404. The van der Waals surface area contributed by atoms with Crippen molar-refractivity contribution in [2.45, 2.75) is 25.4 Å². The number of fused-ring (bicyclic) bond motifs is 5. The van der Waals surface area contributed by atoms with Crippen molar-refractivity contribution < 1.29 is 9.13 Å². The van der Waals surface area contributed by atoms with Crippen LogP contribution in [0.15, 0.2) is 36.4 Å². The normalized spacial score (nSPS) is 23.7. The lowest BCUT2D eigenvalue weighted by Gasteiger charge is -2.26. The van der Waals surface area contributed by atoms with Crippen LogP contribution in [0, 0.1) is 12.7 Å². The van der Waals surface area contributed by atoms with Gasteiger partial charge in [0.25, 0.3) is 0 Å². The van der Waals surface area contributed by atoms with Gasteiger partial charge < -0.3 is 4.74 Å². The lowest BCUT2D eigenvalue weighted by atomic mass is 9.88. The molecule has 2 heteroatoms. The Morgan fingerprint density at radius 1 is 1.16 bits per heavy atom. The third-order valence-electron chi connectivity index (χ3n) is 4.35. The monoisotopic (exact) mass is 254 g/mol. The Labute approximate surface area is 112 Å². The summed E-state index contributed by atoms with van der Waals surface area (Å²) in [4.78, 5) is 0. The molecule has 2 aliphatic rings. The maximum Gasteiger partial charge on any atom is 0.131 e. The first kappa shape index (κ1) is 11.2. The fourth-order valence-corrected chi connectivity index (χ4v) is 3.55. The van der Waals surface area contributed by atoms with Crippen LogP contribution in [0.25, 0.3) is 11.1 Å². The molecule has 1 nitrogen and oxygen atoms in total. The summed E-state index contributed by atoms with van der Waals surface area (Å²) < 4.78 is 20.3. The lowest BCUT2D eigenvalue weighted by molar-refractivity contribution is 0.0396. The van der Waals surface area contributed by atoms with E-state index in [1.807, 2.05) is 18.2 Å². The fraction of sp³-hybridized carbons (Fsp3) is 0.294. The summed E-state index contributed by atoms with van der Waals surface area (Å²) in [5.41, 5.74) is 4.68. The third kappa shape index (κ3) is 1.32. The van der Waals surface area contributed by atoms with E-state index in [2.05, 4.69) is 13.0 Å². The number of ether oxygens (including phenoxy) is 1. The molecule has 1 fully saturated rings. The zero-order valence-electron chi connectivity index (χ0n) is 10.9. The van der Waals surface area contributed by atoms with E-state index in [0.717, 1.165) is 41.7 Å². The van der Waals surface area contributed by atoms with Gasteiger partial charge in [0.1, 0.15) is 11.4 Å². The lowest BCUT2D eigenvalue weighted by Crippen LogP contribution is -2.23. The van der Waals surface area contributed by atoms with Gasteiger partial charge in [0.2, 0.25) is 0 Å². The van der Waals surface area contributed by atoms with Gasteiger partial charge in [0.05, 0.1) is 0 Å². The summed E-state index contributed by atoms with van der Waals surface area (Å²) >= 11 is 0. The second-order valence-corrected chi connectivity index (χ2v) is 5.49. The van der Waals surface area contributed by atoms with Gasteiger partial charge in [-0.2, -0.15) is 0 Å². The summed E-state index contributed by atoms with van der Waals surface area (Å²) in [5.74, 6) is -0.144. The van der Waals surface area contributed by atoms with Crippen LogP contribution in [0.2, 0.25) is 0 Å². The van der Waals surface area contributed by atoms with Crippen molar-refractivity contribution in [1.29, 1.82) is 0 Å². The Morgan fingerprint density at radius 3 is 2.84 bits per heavy atom. The first-order valence-electron chi connectivity index (χ1n) is 6.77. The van der Waals surface area contributed by atoms with Crippen molar-refractivity contribution >= 4 is 0 Å². The van der Waals surface area contributed by atoms with Crippen molar-refractivity contribution in [3.8, 4) is 11.1 Å². The number of hydrogen-bond donors (Lipinski definition) is 0. The molecule has 96 valence electrons. The Bertz CT molecular complexity index is 669. The maximum absolute atomic E-state index is 14.3. The molecule has 1 atom stereocenters. The largest absolute Gasteiger partial charge is 0.365 e. The van der Waals surface area contributed by atoms with Gasteiger partial charge in [-0.05, 0) is 42.5 Å². The quantitative estimate of drug-likeness (QED) is 0.685. The van der Waals surface area contributed by atoms with E-state index in [9.17, 15) is 4.39 Å². The van der Waals surface area contributed by atoms with E-state index < -0.39 is 5.60 Å². The number of benzene rings is 2. The minimum absolute atomic E-state index is 0.144. The molecule has 1 spiro atoms. The first-order chi connectivity index (χ1) is 9.22. The summed E-state index contributed by atoms with van der Waals surface area (Å²) in [6, 6.07) is 11.6. The van der Waals surface area contributed by atoms with Crippen LogP contribution >= 0.6 is 0 Å². The summed E-state index contributed by atoms with van der Waals surface area (Å²) in [5, 5.41) is 0. The highest BCUT2D eigenvalue weighted by Gasteiger charge is 2.47. The van der Waals surface area contributed by atoms with Crippen LogP contribution in [0.1, 0.15) is 29.5 Å². The number of halogens is 1. The van der Waals surface area contributed by atoms with Crippen molar-refractivity contribution in [3.05, 3.63) is 58.9 Å². The number of aryl methyl sites for hydroxylation is 1. The fourth-order valence-electron chi connectivity index (χ4n) is 3.55. The topological polar surface area (TPSA) is 9.23 Å². The molecular formula is C17H15FO. The zero-order valence-corrected chi connectivity index (χ0v) is 10.9. The van der Waals surface area contributed by atoms with Crippen LogP contribution in [0.3, 0.4) is 0 Å². The summed E-state index contributed by atoms with van der Waals surface area (Å²) in [6.07, 6.45) is 1.98. The van der Waals surface area contributed by atoms with Gasteiger partial charge in [-0.25, -0.2) is 4.39 Å². The molecule has 19 heavy (non-hydrogen) atoms. The van der Waals surface area contributed by atoms with E-state index >= 15 is 0 Å². The van der Waals surface area contributed by atoms with Crippen LogP contribution < -0.4 is 0 Å². The average Bonchev–Trinajstić information content (AvgIpc) is 2.98. The predicted octanol–water partition coefficient (Wildman–Crippen LogP) is 4.17. The Balaban J connectivity index is 2.11. The molecule has 1 unspecified atom stereocenters. The second-order valence-electron chi connectivity index (χ2n) is 5.49. The van der Waals surface area contributed by atoms with Gasteiger partial charge in [0.15, 0.2) is 0 Å². The van der Waals surface area contributed by atoms with Crippen molar-refractivity contribution in [2.24, 2.45) is 0 Å². The van der Waals surface area contributed by atoms with Gasteiger partial charge in [-0.1, -0.05) is 35.9 Å². The molecule has 0 amide bonds. The Kier molecular flexibility index (Phi) is 2.16. The number of hydrogen-bond acceptors (Lipinski definition) is 1. The van der Waals surface area contributed by atoms with Crippen molar-refractivity contribution in [2.75, 3.05) is 6.61 Å². The Morgan fingerprint density at radius 2 is 2.05 bits per heavy atom. The molecule has 0 saturated carbocycles. The van der Waals surface area contributed by atoms with E-state index in [-0.39, 0.29) is 5.82 Å². The predicted molar refractivity (Wildman–Crippen MR) is 72.5 cm³/mol. The van der Waals surface area contributed by atoms with E-state index in [1.165, 1.54) is 11.6 Å². The molecule has 1 aliphatic carbocycles. The van der Waals surface area contributed by atoms with Gasteiger partial charge in [-0.15, -0.1) is 0 Å². The summed E-state index contributed by atoms with van der Waals surface area (Å²) in [7, 11) is 0. The second kappa shape index (κ2) is 3.67. The maximum atomic E-state index is 14.3. The average molecular weight is 254 g/mol. The standard InChI is InChI=1S/C17H15FO/c1-11-6-7-12-14(10-11)17(8-3-9-19-17)13-4-2-5-15(18)16(12)13/h2,4-7,10H,3,8-9H2,1H3. The van der Waals surface area contributed by atoms with Gasteiger partial charge in [-0.3, -0.25) is 0 Å². The highest BCUT2D eigenvalue weighted by atomic mass is 19.1. The summed E-state index contributed by atoms with van der Waals surface area (Å²) in [6.45, 7) is 2.83. The van der Waals surface area contributed by atoms with Crippen molar-refractivity contribution in [1.82, 2.24) is 0 Å².